The van der Waals surface area contributed by atoms with Crippen molar-refractivity contribution in [3.05, 3.63) is 46.4 Å². The Hall–Kier alpha value is -1.98. The smallest absolute Gasteiger partial charge is 0.258 e. The Labute approximate surface area is 109 Å². The summed E-state index contributed by atoms with van der Waals surface area (Å²) in [6.07, 6.45) is 1.61. The average Bonchev–Trinajstić information content (AvgIpc) is 2.42. The van der Waals surface area contributed by atoms with Gasteiger partial charge in [0.2, 0.25) is 0 Å². The van der Waals surface area contributed by atoms with Crippen LogP contribution in [0.15, 0.2) is 35.3 Å². The summed E-state index contributed by atoms with van der Waals surface area (Å²) in [7, 11) is 0. The normalized spacial score (nSPS) is 10.8. The molecule has 0 saturated carbocycles. The van der Waals surface area contributed by atoms with Crippen LogP contribution in [0.4, 0.5) is 0 Å². The molecule has 2 rings (SSSR count). The molecule has 0 spiro atoms. The molecule has 5 heteroatoms. The molecule has 100 valence electrons. The number of fused-ring (bicyclic) bond motifs is 1. The standard InChI is InChI=1S/C14H15NO4/c16-8-5-13(18)11-2-1-3-12-10(11)4-6-15(7-9-17)14(12)19/h1-4,6,16-17H,5,7-9H2. The van der Waals surface area contributed by atoms with Gasteiger partial charge in [-0.1, -0.05) is 12.1 Å². The molecule has 1 aromatic heterocycles. The molecule has 5 nitrogen and oxygen atoms in total. The summed E-state index contributed by atoms with van der Waals surface area (Å²) < 4.78 is 1.41. The van der Waals surface area contributed by atoms with Crippen LogP contribution in [0, 0.1) is 0 Å². The zero-order valence-corrected chi connectivity index (χ0v) is 10.4. The van der Waals surface area contributed by atoms with E-state index in [4.69, 9.17) is 10.2 Å². The molecule has 0 atom stereocenters. The lowest BCUT2D eigenvalue weighted by molar-refractivity contribution is 0.0958. The van der Waals surface area contributed by atoms with Crippen LogP contribution in [0.5, 0.6) is 0 Å². The van der Waals surface area contributed by atoms with Gasteiger partial charge in [-0.05, 0) is 17.5 Å². The number of aromatic nitrogens is 1. The van der Waals surface area contributed by atoms with E-state index >= 15 is 0 Å². The van der Waals surface area contributed by atoms with Crippen molar-refractivity contribution in [1.82, 2.24) is 4.57 Å². The number of nitrogens with zero attached hydrogens (tertiary/aromatic N) is 1. The number of Topliss-reactive ketones (excluding diaryl/α,β-unsaturated/α-hetero) is 1. The third-order valence-electron chi connectivity index (χ3n) is 3.00. The molecular weight excluding hydrogens is 246 g/mol. The number of ketones is 1. The van der Waals surface area contributed by atoms with Gasteiger partial charge in [-0.3, -0.25) is 9.59 Å². The summed E-state index contributed by atoms with van der Waals surface area (Å²) in [4.78, 5) is 24.0. The number of aliphatic hydroxyl groups is 2. The van der Waals surface area contributed by atoms with Crippen molar-refractivity contribution in [1.29, 1.82) is 0 Å². The summed E-state index contributed by atoms with van der Waals surface area (Å²) in [6, 6.07) is 6.64. The zero-order valence-electron chi connectivity index (χ0n) is 10.4. The van der Waals surface area contributed by atoms with Crippen LogP contribution in [0.3, 0.4) is 0 Å². The lowest BCUT2D eigenvalue weighted by Gasteiger charge is -2.08. The molecule has 19 heavy (non-hydrogen) atoms. The fourth-order valence-electron chi connectivity index (χ4n) is 2.08. The summed E-state index contributed by atoms with van der Waals surface area (Å²) >= 11 is 0. The Morgan fingerprint density at radius 3 is 2.58 bits per heavy atom. The summed E-state index contributed by atoms with van der Waals surface area (Å²) in [5.74, 6) is -0.188. The Kier molecular flexibility index (Phi) is 4.09. The van der Waals surface area contributed by atoms with E-state index in [9.17, 15) is 9.59 Å². The lowest BCUT2D eigenvalue weighted by Crippen LogP contribution is -2.21. The number of pyridine rings is 1. The van der Waals surface area contributed by atoms with Gasteiger partial charge in [-0.25, -0.2) is 0 Å². The largest absolute Gasteiger partial charge is 0.396 e. The van der Waals surface area contributed by atoms with E-state index in [1.165, 1.54) is 4.57 Å². The molecule has 1 heterocycles. The van der Waals surface area contributed by atoms with E-state index in [2.05, 4.69) is 0 Å². The number of hydrogen-bond acceptors (Lipinski definition) is 4. The second-order valence-corrected chi connectivity index (χ2v) is 4.20. The SMILES string of the molecule is O=C(CCO)c1cccc2c(=O)n(CCO)ccc12. The molecular formula is C14H15NO4. The van der Waals surface area contributed by atoms with Gasteiger partial charge in [0.1, 0.15) is 0 Å². The van der Waals surface area contributed by atoms with Crippen LogP contribution in [-0.2, 0) is 6.54 Å². The van der Waals surface area contributed by atoms with Gasteiger partial charge in [0.05, 0.1) is 13.2 Å². The predicted octanol–water partition coefficient (Wildman–Crippen LogP) is 0.559. The minimum atomic E-state index is -0.231. The molecule has 0 aliphatic rings. The molecule has 0 amide bonds. The van der Waals surface area contributed by atoms with Crippen molar-refractivity contribution < 1.29 is 15.0 Å². The fraction of sp³-hybridized carbons (Fsp3) is 0.286. The number of carbonyl (C=O) groups is 1. The quantitative estimate of drug-likeness (QED) is 0.771. The minimum Gasteiger partial charge on any atom is -0.396 e. The number of benzene rings is 1. The Morgan fingerprint density at radius 1 is 1.11 bits per heavy atom. The first kappa shape index (κ1) is 13.5. The van der Waals surface area contributed by atoms with Crippen molar-refractivity contribution in [3.8, 4) is 0 Å². The van der Waals surface area contributed by atoms with E-state index < -0.39 is 0 Å². The van der Waals surface area contributed by atoms with Crippen molar-refractivity contribution in [2.24, 2.45) is 0 Å². The van der Waals surface area contributed by atoms with Crippen LogP contribution in [-0.4, -0.2) is 33.8 Å². The first-order chi connectivity index (χ1) is 9.19. The van der Waals surface area contributed by atoms with Crippen LogP contribution in [0.25, 0.3) is 10.8 Å². The molecule has 0 bridgehead atoms. The topological polar surface area (TPSA) is 79.5 Å². The van der Waals surface area contributed by atoms with Gasteiger partial charge < -0.3 is 14.8 Å². The maximum atomic E-state index is 12.1. The summed E-state index contributed by atoms with van der Waals surface area (Å²) in [6.45, 7) is -0.102. The Morgan fingerprint density at radius 2 is 1.89 bits per heavy atom. The highest BCUT2D eigenvalue weighted by Gasteiger charge is 2.11. The van der Waals surface area contributed by atoms with Crippen molar-refractivity contribution >= 4 is 16.6 Å². The number of aliphatic hydroxyl groups excluding tert-OH is 2. The van der Waals surface area contributed by atoms with Crippen LogP contribution in [0.2, 0.25) is 0 Å². The zero-order chi connectivity index (χ0) is 13.8. The molecule has 2 aromatic rings. The lowest BCUT2D eigenvalue weighted by atomic mass is 10.0. The highest BCUT2D eigenvalue weighted by Crippen LogP contribution is 2.17. The van der Waals surface area contributed by atoms with Gasteiger partial charge in [0.15, 0.2) is 5.78 Å². The number of carbonyl (C=O) groups excluding carboxylic acids is 1. The molecule has 0 saturated heterocycles. The van der Waals surface area contributed by atoms with Crippen LogP contribution >= 0.6 is 0 Å². The second-order valence-electron chi connectivity index (χ2n) is 4.20. The van der Waals surface area contributed by atoms with E-state index in [0.717, 1.165) is 0 Å². The first-order valence-corrected chi connectivity index (χ1v) is 6.06. The van der Waals surface area contributed by atoms with Crippen LogP contribution in [0.1, 0.15) is 16.8 Å². The van der Waals surface area contributed by atoms with Gasteiger partial charge in [-0.15, -0.1) is 0 Å². The molecule has 0 aliphatic carbocycles. The highest BCUT2D eigenvalue weighted by molar-refractivity contribution is 6.07. The van der Waals surface area contributed by atoms with E-state index in [1.807, 2.05) is 0 Å². The highest BCUT2D eigenvalue weighted by atomic mass is 16.3. The fourth-order valence-corrected chi connectivity index (χ4v) is 2.08. The van der Waals surface area contributed by atoms with Gasteiger partial charge in [0.25, 0.3) is 5.56 Å². The third kappa shape index (κ3) is 2.57. The van der Waals surface area contributed by atoms with E-state index in [1.54, 1.807) is 30.5 Å². The van der Waals surface area contributed by atoms with Crippen LogP contribution < -0.4 is 5.56 Å². The van der Waals surface area contributed by atoms with Gasteiger partial charge in [-0.2, -0.15) is 0 Å². The van der Waals surface area contributed by atoms with Crippen molar-refractivity contribution in [3.63, 3.8) is 0 Å². The molecule has 2 N–H and O–H groups in total. The minimum absolute atomic E-state index is 0.0405. The summed E-state index contributed by atoms with van der Waals surface area (Å²) in [5.41, 5.74) is 0.213. The summed E-state index contributed by atoms with van der Waals surface area (Å²) in [5, 5.41) is 18.7. The Balaban J connectivity index is 2.61. The predicted molar refractivity (Wildman–Crippen MR) is 71.3 cm³/mol. The van der Waals surface area contributed by atoms with Gasteiger partial charge >= 0.3 is 0 Å². The van der Waals surface area contributed by atoms with E-state index in [0.29, 0.717) is 16.3 Å². The first-order valence-electron chi connectivity index (χ1n) is 6.06. The van der Waals surface area contributed by atoms with Crippen molar-refractivity contribution in [2.75, 3.05) is 13.2 Å². The van der Waals surface area contributed by atoms with Gasteiger partial charge in [0, 0.05) is 30.1 Å². The molecule has 0 radical (unpaired) electrons. The number of rotatable bonds is 5. The molecule has 0 unspecified atom stereocenters. The average molecular weight is 261 g/mol. The maximum absolute atomic E-state index is 12.1. The monoisotopic (exact) mass is 261 g/mol. The van der Waals surface area contributed by atoms with Crippen molar-refractivity contribution in [2.45, 2.75) is 13.0 Å². The molecule has 1 aromatic carbocycles. The molecule has 0 fully saturated rings. The molecule has 0 aliphatic heterocycles. The number of hydrogen-bond donors (Lipinski definition) is 2. The Bertz CT molecular complexity index is 660. The second kappa shape index (κ2) is 5.77. The maximum Gasteiger partial charge on any atom is 0.258 e. The van der Waals surface area contributed by atoms with E-state index in [-0.39, 0.29) is 37.5 Å². The third-order valence-corrected chi connectivity index (χ3v) is 3.00.